The van der Waals surface area contributed by atoms with Gasteiger partial charge in [-0.3, -0.25) is 9.48 Å². The van der Waals surface area contributed by atoms with Crippen LogP contribution in [-0.2, 0) is 11.8 Å². The van der Waals surface area contributed by atoms with Crippen LogP contribution in [0.2, 0.25) is 0 Å². The molecule has 4 N–H and O–H groups in total. The van der Waals surface area contributed by atoms with Crippen molar-refractivity contribution in [3.8, 4) is 11.1 Å². The molecule has 6 heteroatoms. The SMILES string of the molecule is CC(C)C(=O)N1CC=C(c2cc(-c3ccc(N)cc3)c3c(N)nn(C)c3c2)CC1. The van der Waals surface area contributed by atoms with Gasteiger partial charge in [0.25, 0.3) is 0 Å². The molecule has 1 amide bonds. The summed E-state index contributed by atoms with van der Waals surface area (Å²) in [5.74, 6) is 0.751. The van der Waals surface area contributed by atoms with Crippen LogP contribution in [0.5, 0.6) is 0 Å². The quantitative estimate of drug-likeness (QED) is 0.669. The third-order valence-corrected chi connectivity index (χ3v) is 5.59. The van der Waals surface area contributed by atoms with Crippen molar-refractivity contribution in [3.05, 3.63) is 48.0 Å². The Balaban J connectivity index is 1.79. The molecule has 0 saturated heterocycles. The van der Waals surface area contributed by atoms with Crippen LogP contribution in [0.1, 0.15) is 25.8 Å². The molecular formula is C23H27N5O. The molecule has 0 unspecified atom stereocenters. The topological polar surface area (TPSA) is 90.2 Å². The van der Waals surface area contributed by atoms with E-state index in [0.29, 0.717) is 12.4 Å². The molecule has 0 atom stereocenters. The Hall–Kier alpha value is -3.28. The smallest absolute Gasteiger partial charge is 0.225 e. The molecule has 0 aliphatic carbocycles. The van der Waals surface area contributed by atoms with E-state index in [4.69, 9.17) is 11.5 Å². The highest BCUT2D eigenvalue weighted by Gasteiger charge is 2.21. The first-order chi connectivity index (χ1) is 13.8. The van der Waals surface area contributed by atoms with Gasteiger partial charge in [0.1, 0.15) is 0 Å². The fraction of sp³-hybridized carbons (Fsp3) is 0.304. The van der Waals surface area contributed by atoms with E-state index in [2.05, 4.69) is 23.3 Å². The standard InChI is InChI=1S/C23H27N5O/c1-14(2)23(29)28-10-8-15(9-11-28)17-12-19(16-4-6-18(24)7-5-16)21-20(13-17)27(3)26-22(21)25/h4-8,12-14H,9-11,24H2,1-3H3,(H2,25,26). The van der Waals surface area contributed by atoms with Crippen molar-refractivity contribution in [2.24, 2.45) is 13.0 Å². The second-order valence-electron chi connectivity index (χ2n) is 7.97. The molecule has 2 aromatic carbocycles. The average molecular weight is 390 g/mol. The Kier molecular flexibility index (Phi) is 4.78. The maximum Gasteiger partial charge on any atom is 0.225 e. The Bertz CT molecular complexity index is 1110. The number of nitrogen functional groups attached to an aromatic ring is 2. The van der Waals surface area contributed by atoms with Gasteiger partial charge in [-0.2, -0.15) is 5.10 Å². The number of carbonyl (C=O) groups is 1. The monoisotopic (exact) mass is 389 g/mol. The lowest BCUT2D eigenvalue weighted by atomic mass is 9.92. The zero-order chi connectivity index (χ0) is 20.7. The number of benzene rings is 2. The van der Waals surface area contributed by atoms with Crippen LogP contribution in [0, 0.1) is 5.92 Å². The van der Waals surface area contributed by atoms with Crippen molar-refractivity contribution in [2.45, 2.75) is 20.3 Å². The minimum atomic E-state index is 0.0239. The molecule has 0 spiro atoms. The number of aryl methyl sites for hydroxylation is 1. The molecule has 6 nitrogen and oxygen atoms in total. The molecule has 0 saturated carbocycles. The number of fused-ring (bicyclic) bond motifs is 1. The zero-order valence-corrected chi connectivity index (χ0v) is 17.1. The van der Waals surface area contributed by atoms with Crippen LogP contribution in [0.3, 0.4) is 0 Å². The summed E-state index contributed by atoms with van der Waals surface area (Å²) in [4.78, 5) is 14.2. The molecule has 1 aliphatic rings. The van der Waals surface area contributed by atoms with Crippen molar-refractivity contribution >= 4 is 33.9 Å². The lowest BCUT2D eigenvalue weighted by molar-refractivity contribution is -0.134. The lowest BCUT2D eigenvalue weighted by Crippen LogP contribution is -2.37. The number of amides is 1. The van der Waals surface area contributed by atoms with Gasteiger partial charge in [0.05, 0.1) is 10.9 Å². The summed E-state index contributed by atoms with van der Waals surface area (Å²) in [7, 11) is 1.91. The van der Waals surface area contributed by atoms with E-state index in [1.165, 1.54) is 5.57 Å². The molecular weight excluding hydrogens is 362 g/mol. The lowest BCUT2D eigenvalue weighted by Gasteiger charge is -2.28. The Labute approximate surface area is 170 Å². The highest BCUT2D eigenvalue weighted by molar-refractivity contribution is 6.03. The van der Waals surface area contributed by atoms with Crippen LogP contribution in [0.25, 0.3) is 27.6 Å². The van der Waals surface area contributed by atoms with Gasteiger partial charge in [0, 0.05) is 31.7 Å². The normalized spacial score (nSPS) is 14.5. The molecule has 1 aliphatic heterocycles. The summed E-state index contributed by atoms with van der Waals surface area (Å²) in [5.41, 5.74) is 18.3. The van der Waals surface area contributed by atoms with Gasteiger partial charge in [-0.25, -0.2) is 0 Å². The summed E-state index contributed by atoms with van der Waals surface area (Å²) in [6.45, 7) is 5.28. The second kappa shape index (κ2) is 7.28. The van der Waals surface area contributed by atoms with Crippen molar-refractivity contribution in [1.82, 2.24) is 14.7 Å². The molecule has 1 aromatic heterocycles. The van der Waals surface area contributed by atoms with E-state index in [0.717, 1.165) is 46.2 Å². The first-order valence-corrected chi connectivity index (χ1v) is 9.95. The van der Waals surface area contributed by atoms with Crippen molar-refractivity contribution in [2.75, 3.05) is 24.6 Å². The summed E-state index contributed by atoms with van der Waals surface area (Å²) in [6.07, 6.45) is 3.00. The van der Waals surface area contributed by atoms with Crippen LogP contribution >= 0.6 is 0 Å². The minimum Gasteiger partial charge on any atom is -0.399 e. The Morgan fingerprint density at radius 1 is 1.10 bits per heavy atom. The first kappa shape index (κ1) is 19.1. The average Bonchev–Trinajstić information content (AvgIpc) is 3.01. The van der Waals surface area contributed by atoms with Gasteiger partial charge in [-0.05, 0) is 52.9 Å². The van der Waals surface area contributed by atoms with Gasteiger partial charge in [0.2, 0.25) is 5.91 Å². The zero-order valence-electron chi connectivity index (χ0n) is 17.1. The number of aromatic nitrogens is 2. The fourth-order valence-corrected chi connectivity index (χ4v) is 3.99. The third kappa shape index (κ3) is 3.46. The van der Waals surface area contributed by atoms with Gasteiger partial charge in [0.15, 0.2) is 5.82 Å². The van der Waals surface area contributed by atoms with Gasteiger partial charge < -0.3 is 16.4 Å². The molecule has 0 fully saturated rings. The highest BCUT2D eigenvalue weighted by Crippen LogP contribution is 2.37. The first-order valence-electron chi connectivity index (χ1n) is 9.95. The van der Waals surface area contributed by atoms with Crippen LogP contribution in [0.15, 0.2) is 42.5 Å². The van der Waals surface area contributed by atoms with Crippen LogP contribution < -0.4 is 11.5 Å². The van der Waals surface area contributed by atoms with E-state index < -0.39 is 0 Å². The number of rotatable bonds is 3. The van der Waals surface area contributed by atoms with Gasteiger partial charge in [-0.1, -0.05) is 32.1 Å². The molecule has 4 rings (SSSR count). The number of carbonyl (C=O) groups excluding carboxylic acids is 1. The molecule has 0 bridgehead atoms. The maximum absolute atomic E-state index is 12.3. The molecule has 3 aromatic rings. The molecule has 29 heavy (non-hydrogen) atoms. The van der Waals surface area contributed by atoms with Crippen LogP contribution in [-0.4, -0.2) is 33.7 Å². The van der Waals surface area contributed by atoms with Gasteiger partial charge in [-0.15, -0.1) is 0 Å². The van der Waals surface area contributed by atoms with Crippen molar-refractivity contribution in [1.29, 1.82) is 0 Å². The number of nitrogens with zero attached hydrogens (tertiary/aromatic N) is 3. The number of hydrogen-bond acceptors (Lipinski definition) is 4. The number of hydrogen-bond donors (Lipinski definition) is 2. The molecule has 0 radical (unpaired) electrons. The van der Waals surface area contributed by atoms with E-state index in [-0.39, 0.29) is 11.8 Å². The fourth-order valence-electron chi connectivity index (χ4n) is 3.99. The van der Waals surface area contributed by atoms with Crippen molar-refractivity contribution < 1.29 is 4.79 Å². The predicted octanol–water partition coefficient (Wildman–Crippen LogP) is 3.68. The second-order valence-corrected chi connectivity index (χ2v) is 7.97. The number of nitrogens with two attached hydrogens (primary N) is 2. The Morgan fingerprint density at radius 2 is 1.83 bits per heavy atom. The van der Waals surface area contributed by atoms with Crippen molar-refractivity contribution in [3.63, 3.8) is 0 Å². The highest BCUT2D eigenvalue weighted by atomic mass is 16.2. The summed E-state index contributed by atoms with van der Waals surface area (Å²) >= 11 is 0. The number of anilines is 2. The van der Waals surface area contributed by atoms with Gasteiger partial charge >= 0.3 is 0 Å². The molecule has 150 valence electrons. The van der Waals surface area contributed by atoms with E-state index in [9.17, 15) is 4.79 Å². The largest absolute Gasteiger partial charge is 0.399 e. The predicted molar refractivity (Wildman–Crippen MR) is 119 cm³/mol. The van der Waals surface area contributed by atoms with Crippen LogP contribution in [0.4, 0.5) is 11.5 Å². The molecule has 2 heterocycles. The minimum absolute atomic E-state index is 0.0239. The van der Waals surface area contributed by atoms with E-state index in [1.807, 2.05) is 54.7 Å². The Morgan fingerprint density at radius 3 is 2.45 bits per heavy atom. The van der Waals surface area contributed by atoms with E-state index in [1.54, 1.807) is 0 Å². The third-order valence-electron chi connectivity index (χ3n) is 5.59. The maximum atomic E-state index is 12.3. The summed E-state index contributed by atoms with van der Waals surface area (Å²) in [5, 5.41) is 5.39. The summed E-state index contributed by atoms with van der Waals surface area (Å²) in [6, 6.07) is 12.1. The van der Waals surface area contributed by atoms with E-state index >= 15 is 0 Å². The summed E-state index contributed by atoms with van der Waals surface area (Å²) < 4.78 is 1.83.